The summed E-state index contributed by atoms with van der Waals surface area (Å²) < 4.78 is 5.47. The lowest BCUT2D eigenvalue weighted by Gasteiger charge is -2.27. The Bertz CT molecular complexity index is 385. The molecule has 186 valence electrons. The van der Waals surface area contributed by atoms with Crippen LogP contribution in [0.2, 0.25) is 0 Å². The fourth-order valence-corrected chi connectivity index (χ4v) is 4.11. The minimum absolute atomic E-state index is 0.127. The van der Waals surface area contributed by atoms with Gasteiger partial charge in [0.2, 0.25) is 0 Å². The molecule has 1 amide bonds. The van der Waals surface area contributed by atoms with Gasteiger partial charge >= 0.3 is 6.09 Å². The number of carbonyl (C=O) groups excluding carboxylic acids is 1. The van der Waals surface area contributed by atoms with Gasteiger partial charge in [-0.25, -0.2) is 4.79 Å². The lowest BCUT2D eigenvalue weighted by Crippen LogP contribution is -2.31. The molecular formula is C28H57NO2. The molecule has 3 nitrogen and oxygen atoms in total. The molecule has 0 fully saturated rings. The Balaban J connectivity index is 3.34. The van der Waals surface area contributed by atoms with Gasteiger partial charge in [0, 0.05) is 12.0 Å². The van der Waals surface area contributed by atoms with E-state index in [-0.39, 0.29) is 11.5 Å². The Kier molecular flexibility index (Phi) is 21.9. The highest BCUT2D eigenvalue weighted by atomic mass is 16.5. The minimum atomic E-state index is -0.239. The molecule has 1 unspecified atom stereocenters. The van der Waals surface area contributed by atoms with Gasteiger partial charge in [0.1, 0.15) is 0 Å². The molecule has 3 heteroatoms. The van der Waals surface area contributed by atoms with Crippen LogP contribution in [0.1, 0.15) is 156 Å². The van der Waals surface area contributed by atoms with E-state index in [1.165, 1.54) is 109 Å². The highest BCUT2D eigenvalue weighted by Crippen LogP contribution is 2.28. The molecule has 1 N–H and O–H groups in total. The smallest absolute Gasteiger partial charge is 0.407 e. The molecule has 0 aliphatic heterocycles. The molecule has 1 atom stereocenters. The number of ether oxygens (including phenoxy) is 1. The van der Waals surface area contributed by atoms with Crippen LogP contribution in [0.15, 0.2) is 0 Å². The van der Waals surface area contributed by atoms with Gasteiger partial charge in [0.05, 0.1) is 6.61 Å². The van der Waals surface area contributed by atoms with E-state index in [4.69, 9.17) is 4.74 Å². The lowest BCUT2D eigenvalue weighted by molar-refractivity contribution is 0.0817. The molecule has 0 aliphatic carbocycles. The summed E-state index contributed by atoms with van der Waals surface area (Å²) in [6, 6.07) is 0. The van der Waals surface area contributed by atoms with E-state index >= 15 is 0 Å². The molecule has 0 radical (unpaired) electrons. The van der Waals surface area contributed by atoms with Gasteiger partial charge in [-0.05, 0) is 19.3 Å². The van der Waals surface area contributed by atoms with Crippen molar-refractivity contribution in [1.82, 2.24) is 5.32 Å². The maximum absolute atomic E-state index is 11.9. The second-order valence-corrected chi connectivity index (χ2v) is 10.1. The second kappa shape index (κ2) is 22.5. The predicted octanol–water partition coefficient (Wildman–Crippen LogP) is 9.58. The van der Waals surface area contributed by atoms with Crippen LogP contribution in [-0.4, -0.2) is 19.2 Å². The van der Waals surface area contributed by atoms with Crippen LogP contribution in [0.3, 0.4) is 0 Å². The monoisotopic (exact) mass is 439 g/mol. The van der Waals surface area contributed by atoms with E-state index in [0.717, 1.165) is 25.8 Å². The third-order valence-electron chi connectivity index (χ3n) is 6.84. The maximum Gasteiger partial charge on any atom is 0.407 e. The van der Waals surface area contributed by atoms with Gasteiger partial charge in [-0.2, -0.15) is 0 Å². The van der Waals surface area contributed by atoms with Crippen LogP contribution in [0.5, 0.6) is 0 Å². The molecule has 0 bridgehead atoms. The first-order valence-corrected chi connectivity index (χ1v) is 14.0. The average molecular weight is 440 g/mol. The number of nitrogens with one attached hydrogen (secondary N) is 1. The van der Waals surface area contributed by atoms with Crippen LogP contribution in [0.4, 0.5) is 4.79 Å². The molecular weight excluding hydrogens is 382 g/mol. The van der Waals surface area contributed by atoms with Gasteiger partial charge < -0.3 is 10.1 Å². The van der Waals surface area contributed by atoms with E-state index in [9.17, 15) is 4.79 Å². The van der Waals surface area contributed by atoms with Gasteiger partial charge in [-0.1, -0.05) is 137 Å². The normalized spacial score (nSPS) is 13.2. The number of hydrogen-bond acceptors (Lipinski definition) is 2. The summed E-state index contributed by atoms with van der Waals surface area (Å²) in [6.07, 6.45) is 26.3. The minimum Gasteiger partial charge on any atom is -0.449 e. The largest absolute Gasteiger partial charge is 0.449 e. The van der Waals surface area contributed by atoms with Crippen molar-refractivity contribution in [2.45, 2.75) is 156 Å². The van der Waals surface area contributed by atoms with E-state index < -0.39 is 0 Å². The first-order chi connectivity index (χ1) is 15.1. The predicted molar refractivity (Wildman–Crippen MR) is 137 cm³/mol. The van der Waals surface area contributed by atoms with Crippen molar-refractivity contribution in [2.75, 3.05) is 13.2 Å². The molecule has 0 aliphatic rings. The van der Waals surface area contributed by atoms with Gasteiger partial charge in [0.25, 0.3) is 0 Å². The van der Waals surface area contributed by atoms with Gasteiger partial charge in [0.15, 0.2) is 0 Å². The number of rotatable bonds is 23. The van der Waals surface area contributed by atoms with Crippen LogP contribution in [0, 0.1) is 5.41 Å². The highest BCUT2D eigenvalue weighted by molar-refractivity contribution is 5.67. The van der Waals surface area contributed by atoms with Crippen molar-refractivity contribution in [2.24, 2.45) is 5.41 Å². The Morgan fingerprint density at radius 3 is 1.48 bits per heavy atom. The van der Waals surface area contributed by atoms with Crippen molar-refractivity contribution in [1.29, 1.82) is 0 Å². The number of amides is 1. The Morgan fingerprint density at radius 2 is 1.06 bits per heavy atom. The van der Waals surface area contributed by atoms with Crippen molar-refractivity contribution in [3.8, 4) is 0 Å². The van der Waals surface area contributed by atoms with Crippen molar-refractivity contribution in [3.63, 3.8) is 0 Å². The van der Waals surface area contributed by atoms with E-state index in [0.29, 0.717) is 6.61 Å². The highest BCUT2D eigenvalue weighted by Gasteiger charge is 2.23. The fraction of sp³-hybridized carbons (Fsp3) is 0.964. The van der Waals surface area contributed by atoms with E-state index in [1.807, 2.05) is 0 Å². The quantitative estimate of drug-likeness (QED) is 0.161. The summed E-state index contributed by atoms with van der Waals surface area (Å²) in [4.78, 5) is 11.9. The Labute approximate surface area is 195 Å². The van der Waals surface area contributed by atoms with E-state index in [1.54, 1.807) is 0 Å². The fourth-order valence-electron chi connectivity index (χ4n) is 4.11. The molecule has 0 heterocycles. The average Bonchev–Trinajstić information content (AvgIpc) is 2.78. The maximum atomic E-state index is 11.9. The molecule has 0 saturated heterocycles. The summed E-state index contributed by atoms with van der Waals surface area (Å²) in [5.74, 6) is 0. The number of unbranched alkanes of at least 4 members (excludes halogenated alkanes) is 16. The summed E-state index contributed by atoms with van der Waals surface area (Å²) in [6.45, 7) is 10.2. The molecule has 0 aromatic heterocycles. The Morgan fingerprint density at radius 1 is 0.645 bits per heavy atom. The number of carbonyl (C=O) groups is 1. The zero-order valence-electron chi connectivity index (χ0n) is 21.9. The molecule has 0 aromatic rings. The second-order valence-electron chi connectivity index (χ2n) is 10.1. The SMILES string of the molecule is CCCCCCCCCCCCCCCCCCNC(=O)OCC(C)(CC)CCCC. The van der Waals surface area contributed by atoms with E-state index in [2.05, 4.69) is 33.0 Å². The van der Waals surface area contributed by atoms with Crippen molar-refractivity contribution in [3.05, 3.63) is 0 Å². The van der Waals surface area contributed by atoms with Crippen LogP contribution in [-0.2, 0) is 4.74 Å². The van der Waals surface area contributed by atoms with Crippen molar-refractivity contribution < 1.29 is 9.53 Å². The van der Waals surface area contributed by atoms with Crippen LogP contribution < -0.4 is 5.32 Å². The zero-order valence-corrected chi connectivity index (χ0v) is 21.9. The number of hydrogen-bond donors (Lipinski definition) is 1. The standard InChI is InChI=1S/C28H57NO2/c1-5-8-10-11-12-13-14-15-16-17-18-19-20-21-22-23-25-29-27(30)31-26-28(4,7-3)24-9-6-2/h5-26H2,1-4H3,(H,29,30). The molecule has 0 rings (SSSR count). The first kappa shape index (κ1) is 30.3. The molecule has 0 aromatic carbocycles. The molecule has 31 heavy (non-hydrogen) atoms. The van der Waals surface area contributed by atoms with Gasteiger partial charge in [-0.3, -0.25) is 0 Å². The molecule has 0 saturated carbocycles. The first-order valence-electron chi connectivity index (χ1n) is 14.0. The summed E-state index contributed by atoms with van der Waals surface area (Å²) in [5.41, 5.74) is 0.127. The lowest BCUT2D eigenvalue weighted by atomic mass is 9.83. The third-order valence-corrected chi connectivity index (χ3v) is 6.84. The number of alkyl carbamates (subject to hydrolysis) is 1. The molecule has 0 spiro atoms. The summed E-state index contributed by atoms with van der Waals surface area (Å²) >= 11 is 0. The van der Waals surface area contributed by atoms with Crippen LogP contribution >= 0.6 is 0 Å². The van der Waals surface area contributed by atoms with Crippen molar-refractivity contribution >= 4 is 6.09 Å². The van der Waals surface area contributed by atoms with Crippen LogP contribution in [0.25, 0.3) is 0 Å². The Hall–Kier alpha value is -0.730. The topological polar surface area (TPSA) is 38.3 Å². The third kappa shape index (κ3) is 20.9. The zero-order chi connectivity index (χ0) is 23.0. The van der Waals surface area contributed by atoms with Gasteiger partial charge in [-0.15, -0.1) is 0 Å². The summed E-state index contributed by atoms with van der Waals surface area (Å²) in [5, 5.41) is 2.92. The summed E-state index contributed by atoms with van der Waals surface area (Å²) in [7, 11) is 0.